The average molecular weight is 319 g/mol. The molecule has 21 heavy (non-hydrogen) atoms. The molecule has 0 saturated carbocycles. The first-order valence-corrected chi connectivity index (χ1v) is 7.38. The van der Waals surface area contributed by atoms with Crippen molar-refractivity contribution in [3.63, 3.8) is 0 Å². The molecule has 0 N–H and O–H groups in total. The van der Waals surface area contributed by atoms with E-state index in [-0.39, 0.29) is 12.5 Å². The van der Waals surface area contributed by atoms with Crippen LogP contribution in [0.4, 0.5) is 0 Å². The van der Waals surface area contributed by atoms with Gasteiger partial charge < -0.3 is 4.74 Å². The van der Waals surface area contributed by atoms with Gasteiger partial charge in [0.15, 0.2) is 0 Å². The monoisotopic (exact) mass is 319 g/mol. The highest BCUT2D eigenvalue weighted by molar-refractivity contribution is 8.26. The van der Waals surface area contributed by atoms with Crippen LogP contribution in [0.5, 0.6) is 0 Å². The van der Waals surface area contributed by atoms with E-state index in [2.05, 4.69) is 4.74 Å². The van der Waals surface area contributed by atoms with Crippen LogP contribution in [0.15, 0.2) is 47.4 Å². The van der Waals surface area contributed by atoms with Crippen molar-refractivity contribution in [2.24, 2.45) is 0 Å². The Morgan fingerprint density at radius 1 is 1.38 bits per heavy atom. The van der Waals surface area contributed by atoms with Gasteiger partial charge in [-0.25, -0.2) is 0 Å². The Morgan fingerprint density at radius 3 is 2.76 bits per heavy atom. The minimum Gasteiger partial charge on any atom is -0.468 e. The van der Waals surface area contributed by atoms with Gasteiger partial charge in [0, 0.05) is 0 Å². The number of esters is 1. The fourth-order valence-corrected chi connectivity index (χ4v) is 2.86. The lowest BCUT2D eigenvalue weighted by molar-refractivity contribution is -0.143. The Kier molecular flexibility index (Phi) is 5.30. The van der Waals surface area contributed by atoms with Crippen LogP contribution in [0.3, 0.4) is 0 Å². The number of carbonyl (C=O) groups is 2. The molecule has 0 spiro atoms. The molecule has 0 unspecified atom stereocenters. The van der Waals surface area contributed by atoms with E-state index in [1.165, 1.54) is 23.8 Å². The first-order chi connectivity index (χ1) is 10.1. The maximum absolute atomic E-state index is 12.1. The Morgan fingerprint density at radius 2 is 2.10 bits per heavy atom. The molecule has 0 radical (unpaired) electrons. The molecule has 1 aliphatic rings. The number of hydrogen-bond acceptors (Lipinski definition) is 5. The molecule has 0 aliphatic carbocycles. The quantitative estimate of drug-likeness (QED) is 0.485. The summed E-state index contributed by atoms with van der Waals surface area (Å²) in [7, 11) is 1.28. The van der Waals surface area contributed by atoms with E-state index >= 15 is 0 Å². The van der Waals surface area contributed by atoms with E-state index in [1.54, 1.807) is 12.2 Å². The standard InChI is InChI=1S/C15H13NO3S2/c1-19-13(17)10-16-14(18)12(21-15(16)20)9-5-8-11-6-3-2-4-7-11/h2-9H,10H2,1H3. The topological polar surface area (TPSA) is 46.6 Å². The number of thiocarbonyl (C=S) groups is 1. The van der Waals surface area contributed by atoms with Crippen molar-refractivity contribution in [2.45, 2.75) is 0 Å². The van der Waals surface area contributed by atoms with Crippen LogP contribution in [-0.4, -0.2) is 34.8 Å². The van der Waals surface area contributed by atoms with Gasteiger partial charge in [-0.1, -0.05) is 66.5 Å². The van der Waals surface area contributed by atoms with Crippen molar-refractivity contribution in [1.29, 1.82) is 0 Å². The van der Waals surface area contributed by atoms with Gasteiger partial charge in [0.25, 0.3) is 5.91 Å². The number of hydrogen-bond donors (Lipinski definition) is 0. The van der Waals surface area contributed by atoms with Crippen LogP contribution in [0.1, 0.15) is 5.56 Å². The van der Waals surface area contributed by atoms with E-state index < -0.39 is 5.97 Å². The lowest BCUT2D eigenvalue weighted by Gasteiger charge is -2.11. The summed E-state index contributed by atoms with van der Waals surface area (Å²) in [6.45, 7) is -0.152. The molecule has 2 rings (SSSR count). The predicted octanol–water partition coefficient (Wildman–Crippen LogP) is 2.62. The molecule has 0 aromatic heterocycles. The van der Waals surface area contributed by atoms with E-state index in [0.29, 0.717) is 9.23 Å². The molecule has 1 heterocycles. The lowest BCUT2D eigenvalue weighted by Crippen LogP contribution is -2.33. The first-order valence-electron chi connectivity index (χ1n) is 6.15. The largest absolute Gasteiger partial charge is 0.468 e. The number of thioether (sulfide) groups is 1. The van der Waals surface area contributed by atoms with Crippen LogP contribution >= 0.6 is 24.0 Å². The molecule has 0 atom stereocenters. The zero-order valence-electron chi connectivity index (χ0n) is 11.3. The number of benzene rings is 1. The fraction of sp³-hybridized carbons (Fsp3) is 0.133. The summed E-state index contributed by atoms with van der Waals surface area (Å²) in [5.41, 5.74) is 1.04. The number of ether oxygens (including phenoxy) is 1. The molecule has 6 heteroatoms. The highest BCUT2D eigenvalue weighted by Gasteiger charge is 2.33. The molecule has 1 aliphatic heterocycles. The van der Waals surface area contributed by atoms with Crippen molar-refractivity contribution in [3.05, 3.63) is 53.0 Å². The van der Waals surface area contributed by atoms with Gasteiger partial charge in [-0.05, 0) is 11.6 Å². The molecule has 1 aromatic carbocycles. The highest BCUT2D eigenvalue weighted by atomic mass is 32.2. The van der Waals surface area contributed by atoms with E-state index in [0.717, 1.165) is 5.56 Å². The third kappa shape index (κ3) is 4.03. The lowest BCUT2D eigenvalue weighted by atomic mass is 10.2. The smallest absolute Gasteiger partial charge is 0.325 e. The van der Waals surface area contributed by atoms with Gasteiger partial charge in [-0.2, -0.15) is 0 Å². The summed E-state index contributed by atoms with van der Waals surface area (Å²) in [6.07, 6.45) is 5.39. The summed E-state index contributed by atoms with van der Waals surface area (Å²) >= 11 is 6.28. The zero-order valence-corrected chi connectivity index (χ0v) is 12.9. The Balaban J connectivity index is 2.06. The SMILES string of the molecule is COC(=O)CN1C(=O)C(=CC=Cc2ccccc2)SC1=S. The maximum atomic E-state index is 12.1. The molecule has 1 aromatic rings. The summed E-state index contributed by atoms with van der Waals surface area (Å²) < 4.78 is 4.91. The fourth-order valence-electron chi connectivity index (χ4n) is 1.65. The van der Waals surface area contributed by atoms with Gasteiger partial charge in [0.2, 0.25) is 0 Å². The summed E-state index contributed by atoms with van der Waals surface area (Å²) in [4.78, 5) is 25.1. The predicted molar refractivity (Wildman–Crippen MR) is 87.5 cm³/mol. The molecular weight excluding hydrogens is 306 g/mol. The number of rotatable bonds is 4. The second kappa shape index (κ2) is 7.19. The van der Waals surface area contributed by atoms with Crippen LogP contribution in [0, 0.1) is 0 Å². The minimum atomic E-state index is -0.493. The van der Waals surface area contributed by atoms with Crippen molar-refractivity contribution < 1.29 is 14.3 Å². The summed E-state index contributed by atoms with van der Waals surface area (Å²) in [6, 6.07) is 9.75. The summed E-state index contributed by atoms with van der Waals surface area (Å²) in [5, 5.41) is 0. The Hall–Kier alpha value is -1.92. The third-order valence-corrected chi connectivity index (χ3v) is 4.12. The number of amides is 1. The number of nitrogens with zero attached hydrogens (tertiary/aromatic N) is 1. The highest BCUT2D eigenvalue weighted by Crippen LogP contribution is 2.30. The number of allylic oxidation sites excluding steroid dienone is 2. The van der Waals surface area contributed by atoms with Crippen LogP contribution in [-0.2, 0) is 14.3 Å². The minimum absolute atomic E-state index is 0.152. The zero-order chi connectivity index (χ0) is 15.2. The van der Waals surface area contributed by atoms with Gasteiger partial charge in [-0.3, -0.25) is 14.5 Å². The molecule has 1 saturated heterocycles. The van der Waals surface area contributed by atoms with Gasteiger partial charge in [0.05, 0.1) is 12.0 Å². The summed E-state index contributed by atoms with van der Waals surface area (Å²) in [5.74, 6) is -0.763. The van der Waals surface area contributed by atoms with Crippen molar-refractivity contribution in [1.82, 2.24) is 4.90 Å². The molecular formula is C15H13NO3S2. The van der Waals surface area contributed by atoms with Gasteiger partial charge in [-0.15, -0.1) is 0 Å². The van der Waals surface area contributed by atoms with E-state index in [9.17, 15) is 9.59 Å². The molecule has 0 bridgehead atoms. The van der Waals surface area contributed by atoms with Crippen molar-refractivity contribution in [2.75, 3.05) is 13.7 Å². The average Bonchev–Trinajstić information content (AvgIpc) is 2.76. The molecule has 1 fully saturated rings. The van der Waals surface area contributed by atoms with Crippen LogP contribution < -0.4 is 0 Å². The van der Waals surface area contributed by atoms with E-state index in [1.807, 2.05) is 36.4 Å². The first kappa shape index (κ1) is 15.5. The van der Waals surface area contributed by atoms with Gasteiger partial charge in [0.1, 0.15) is 10.9 Å². The Bertz CT molecular complexity index is 623. The molecule has 1 amide bonds. The number of carbonyl (C=O) groups excluding carboxylic acids is 2. The Labute approximate surface area is 132 Å². The molecule has 4 nitrogen and oxygen atoms in total. The number of methoxy groups -OCH3 is 1. The van der Waals surface area contributed by atoms with E-state index in [4.69, 9.17) is 12.2 Å². The second-order valence-electron chi connectivity index (χ2n) is 4.14. The van der Waals surface area contributed by atoms with Crippen molar-refractivity contribution in [3.8, 4) is 0 Å². The van der Waals surface area contributed by atoms with Crippen LogP contribution in [0.25, 0.3) is 6.08 Å². The second-order valence-corrected chi connectivity index (χ2v) is 5.81. The molecule has 108 valence electrons. The normalized spacial score (nSPS) is 17.0. The van der Waals surface area contributed by atoms with Gasteiger partial charge >= 0.3 is 5.97 Å². The van der Waals surface area contributed by atoms with Crippen molar-refractivity contribution >= 4 is 46.3 Å². The van der Waals surface area contributed by atoms with Crippen LogP contribution in [0.2, 0.25) is 0 Å². The maximum Gasteiger partial charge on any atom is 0.325 e. The third-order valence-electron chi connectivity index (χ3n) is 2.72.